The summed E-state index contributed by atoms with van der Waals surface area (Å²) in [7, 11) is 1.71. The largest absolute Gasteiger partial charge is 0.383 e. The Morgan fingerprint density at radius 1 is 1.33 bits per heavy atom. The maximum atomic E-state index is 12.4. The van der Waals surface area contributed by atoms with Crippen LogP contribution in [0.25, 0.3) is 0 Å². The lowest BCUT2D eigenvalue weighted by molar-refractivity contribution is -0.132. The number of carbonyl (C=O) groups excluding carboxylic acids is 1. The van der Waals surface area contributed by atoms with Gasteiger partial charge in [-0.1, -0.05) is 23.7 Å². The summed E-state index contributed by atoms with van der Waals surface area (Å²) in [5, 5.41) is 0.643. The minimum atomic E-state index is 0.157. The molecule has 116 valence electrons. The summed E-state index contributed by atoms with van der Waals surface area (Å²) in [6, 6.07) is 5.62. The molecule has 0 aromatic heterocycles. The Morgan fingerprint density at radius 3 is 2.71 bits per heavy atom. The molecule has 0 unspecified atom stereocenters. The number of hydrogen-bond acceptors (Lipinski definition) is 3. The van der Waals surface area contributed by atoms with Gasteiger partial charge in [-0.3, -0.25) is 9.69 Å². The summed E-state index contributed by atoms with van der Waals surface area (Å²) in [4.78, 5) is 16.6. The lowest BCUT2D eigenvalue weighted by atomic mass is 10.1. The number of amides is 1. The van der Waals surface area contributed by atoms with Crippen molar-refractivity contribution < 1.29 is 9.53 Å². The number of hydrogen-bond donors (Lipinski definition) is 0. The lowest BCUT2D eigenvalue weighted by Gasteiger charge is -2.34. The molecule has 0 spiro atoms. The molecule has 1 aliphatic heterocycles. The fourth-order valence-corrected chi connectivity index (χ4v) is 3.00. The van der Waals surface area contributed by atoms with Crippen LogP contribution >= 0.6 is 27.5 Å². The summed E-state index contributed by atoms with van der Waals surface area (Å²) in [5.74, 6) is 0.157. The molecule has 0 bridgehead atoms. The van der Waals surface area contributed by atoms with E-state index < -0.39 is 0 Å². The highest BCUT2D eigenvalue weighted by atomic mass is 79.9. The Morgan fingerprint density at radius 2 is 2.05 bits per heavy atom. The van der Waals surface area contributed by atoms with Gasteiger partial charge in [0.15, 0.2) is 0 Å². The van der Waals surface area contributed by atoms with Gasteiger partial charge in [0.2, 0.25) is 5.91 Å². The molecule has 21 heavy (non-hydrogen) atoms. The van der Waals surface area contributed by atoms with Gasteiger partial charge in [-0.15, -0.1) is 0 Å². The molecular formula is C15H20BrClN2O2. The van der Waals surface area contributed by atoms with E-state index in [1.54, 1.807) is 7.11 Å². The summed E-state index contributed by atoms with van der Waals surface area (Å²) in [6.07, 6.45) is 0.388. The predicted octanol–water partition coefficient (Wildman–Crippen LogP) is 2.44. The first-order valence-corrected chi connectivity index (χ1v) is 8.21. The molecule has 1 heterocycles. The van der Waals surface area contributed by atoms with Crippen molar-refractivity contribution in [1.29, 1.82) is 0 Å². The van der Waals surface area contributed by atoms with Crippen LogP contribution in [0.5, 0.6) is 0 Å². The molecular weight excluding hydrogens is 356 g/mol. The minimum Gasteiger partial charge on any atom is -0.383 e. The second-order valence-corrected chi connectivity index (χ2v) is 6.31. The molecule has 1 fully saturated rings. The van der Waals surface area contributed by atoms with Crippen LogP contribution in [-0.4, -0.2) is 62.1 Å². The minimum absolute atomic E-state index is 0.157. The van der Waals surface area contributed by atoms with Crippen LogP contribution in [0.1, 0.15) is 5.56 Å². The Kier molecular flexibility index (Phi) is 6.48. The van der Waals surface area contributed by atoms with Crippen molar-refractivity contribution in [2.45, 2.75) is 6.42 Å². The second-order valence-electron chi connectivity index (χ2n) is 5.10. The van der Waals surface area contributed by atoms with Gasteiger partial charge >= 0.3 is 0 Å². The van der Waals surface area contributed by atoms with E-state index in [0.29, 0.717) is 11.4 Å². The molecule has 0 saturated carbocycles. The van der Waals surface area contributed by atoms with Crippen LogP contribution in [0, 0.1) is 0 Å². The van der Waals surface area contributed by atoms with Gasteiger partial charge in [0.1, 0.15) is 0 Å². The van der Waals surface area contributed by atoms with E-state index in [9.17, 15) is 4.79 Å². The van der Waals surface area contributed by atoms with Gasteiger partial charge in [-0.05, 0) is 27.6 Å². The van der Waals surface area contributed by atoms with Crippen molar-refractivity contribution in [2.24, 2.45) is 0 Å². The summed E-state index contributed by atoms with van der Waals surface area (Å²) in [6.45, 7) is 5.04. The zero-order chi connectivity index (χ0) is 15.2. The van der Waals surface area contributed by atoms with Crippen molar-refractivity contribution in [3.8, 4) is 0 Å². The van der Waals surface area contributed by atoms with Crippen molar-refractivity contribution in [3.05, 3.63) is 33.3 Å². The monoisotopic (exact) mass is 374 g/mol. The summed E-state index contributed by atoms with van der Waals surface area (Å²) in [5.41, 5.74) is 0.939. The van der Waals surface area contributed by atoms with E-state index in [-0.39, 0.29) is 5.91 Å². The third-order valence-corrected chi connectivity index (χ3v) is 5.19. The van der Waals surface area contributed by atoms with Crippen LogP contribution in [0.4, 0.5) is 0 Å². The second kappa shape index (κ2) is 8.13. The molecule has 0 aliphatic carbocycles. The molecule has 0 N–H and O–H groups in total. The Bertz CT molecular complexity index is 491. The topological polar surface area (TPSA) is 32.8 Å². The first kappa shape index (κ1) is 16.7. The Hall–Kier alpha value is -0.620. The van der Waals surface area contributed by atoms with E-state index >= 15 is 0 Å². The molecule has 1 aromatic carbocycles. The van der Waals surface area contributed by atoms with Crippen LogP contribution in [0.15, 0.2) is 22.7 Å². The Balaban J connectivity index is 1.86. The number of ether oxygens (including phenoxy) is 1. The zero-order valence-electron chi connectivity index (χ0n) is 12.1. The molecule has 1 aromatic rings. The van der Waals surface area contributed by atoms with Crippen LogP contribution in [-0.2, 0) is 16.0 Å². The van der Waals surface area contributed by atoms with Gasteiger partial charge in [0.05, 0.1) is 18.1 Å². The number of benzene rings is 1. The number of methoxy groups -OCH3 is 1. The molecule has 0 radical (unpaired) electrons. The number of halogens is 2. The van der Waals surface area contributed by atoms with Gasteiger partial charge in [-0.25, -0.2) is 0 Å². The fraction of sp³-hybridized carbons (Fsp3) is 0.533. The number of rotatable bonds is 5. The maximum absolute atomic E-state index is 12.4. The van der Waals surface area contributed by atoms with Crippen LogP contribution in [0.2, 0.25) is 5.02 Å². The molecule has 1 amide bonds. The van der Waals surface area contributed by atoms with E-state index in [0.717, 1.165) is 49.4 Å². The van der Waals surface area contributed by atoms with E-state index in [2.05, 4.69) is 20.8 Å². The molecule has 4 nitrogen and oxygen atoms in total. The molecule has 1 aliphatic rings. The lowest BCUT2D eigenvalue weighted by Crippen LogP contribution is -2.49. The van der Waals surface area contributed by atoms with Crippen molar-refractivity contribution in [1.82, 2.24) is 9.80 Å². The normalized spacial score (nSPS) is 16.2. The van der Waals surface area contributed by atoms with Gasteiger partial charge in [0.25, 0.3) is 0 Å². The highest BCUT2D eigenvalue weighted by Gasteiger charge is 2.21. The first-order chi connectivity index (χ1) is 10.1. The molecule has 6 heteroatoms. The van der Waals surface area contributed by atoms with Crippen molar-refractivity contribution in [2.75, 3.05) is 46.4 Å². The Labute approximate surface area is 139 Å². The standard InChI is InChI=1S/C15H20BrClN2O2/c1-21-10-9-18-5-7-19(8-6-18)14(20)11-12-3-2-4-13(17)15(12)16/h2-4H,5-11H2,1H3. The summed E-state index contributed by atoms with van der Waals surface area (Å²) < 4.78 is 5.90. The highest BCUT2D eigenvalue weighted by Crippen LogP contribution is 2.26. The van der Waals surface area contributed by atoms with Crippen LogP contribution < -0.4 is 0 Å². The van der Waals surface area contributed by atoms with Gasteiger partial charge in [0, 0.05) is 44.3 Å². The zero-order valence-corrected chi connectivity index (χ0v) is 14.5. The molecule has 2 rings (SSSR count). The third-order valence-electron chi connectivity index (χ3n) is 3.71. The smallest absolute Gasteiger partial charge is 0.227 e. The maximum Gasteiger partial charge on any atom is 0.227 e. The highest BCUT2D eigenvalue weighted by molar-refractivity contribution is 9.10. The number of nitrogens with zero attached hydrogens (tertiary/aromatic N) is 2. The van der Waals surface area contributed by atoms with Gasteiger partial charge < -0.3 is 9.64 Å². The average molecular weight is 376 g/mol. The predicted molar refractivity (Wildman–Crippen MR) is 87.8 cm³/mol. The number of piperazine rings is 1. The van der Waals surface area contributed by atoms with E-state index in [4.69, 9.17) is 16.3 Å². The van der Waals surface area contributed by atoms with Crippen molar-refractivity contribution in [3.63, 3.8) is 0 Å². The van der Waals surface area contributed by atoms with E-state index in [1.165, 1.54) is 0 Å². The quantitative estimate of drug-likeness (QED) is 0.792. The number of carbonyl (C=O) groups is 1. The molecule has 0 atom stereocenters. The van der Waals surface area contributed by atoms with Crippen LogP contribution in [0.3, 0.4) is 0 Å². The third kappa shape index (κ3) is 4.68. The first-order valence-electron chi connectivity index (χ1n) is 7.03. The van der Waals surface area contributed by atoms with E-state index in [1.807, 2.05) is 23.1 Å². The average Bonchev–Trinajstić information content (AvgIpc) is 2.50. The fourth-order valence-electron chi connectivity index (χ4n) is 2.40. The SMILES string of the molecule is COCCN1CCN(C(=O)Cc2cccc(Cl)c2Br)CC1. The molecule has 1 saturated heterocycles. The summed E-state index contributed by atoms with van der Waals surface area (Å²) >= 11 is 9.51. The van der Waals surface area contributed by atoms with Crippen molar-refractivity contribution >= 4 is 33.4 Å². The van der Waals surface area contributed by atoms with Gasteiger partial charge in [-0.2, -0.15) is 0 Å².